The molecular weight excluding hydrogens is 356 g/mol. The largest absolute Gasteiger partial charge is 0.467 e. The number of aliphatic hydroxyl groups is 1. The van der Waals surface area contributed by atoms with Gasteiger partial charge in [-0.2, -0.15) is 0 Å². The summed E-state index contributed by atoms with van der Waals surface area (Å²) in [6, 6.07) is 7.40. The summed E-state index contributed by atoms with van der Waals surface area (Å²) in [6.07, 6.45) is 5.44. The van der Waals surface area contributed by atoms with Crippen molar-refractivity contribution >= 4 is 11.8 Å². The van der Waals surface area contributed by atoms with Crippen molar-refractivity contribution in [2.24, 2.45) is 23.7 Å². The van der Waals surface area contributed by atoms with Gasteiger partial charge in [-0.15, -0.1) is 0 Å². The lowest BCUT2D eigenvalue weighted by molar-refractivity contribution is -0.157. The minimum Gasteiger partial charge on any atom is -0.467 e. The monoisotopic (exact) mass is 384 g/mol. The zero-order chi connectivity index (χ0) is 19.3. The molecule has 2 bridgehead atoms. The van der Waals surface area contributed by atoms with Crippen LogP contribution in [-0.4, -0.2) is 47.2 Å². The Kier molecular flexibility index (Phi) is 4.34. The Morgan fingerprint density at radius 3 is 2.93 bits per heavy atom. The molecule has 2 amide bonds. The van der Waals surface area contributed by atoms with Crippen LogP contribution in [0.15, 0.2) is 24.3 Å². The molecule has 1 aromatic carbocycles. The van der Waals surface area contributed by atoms with E-state index in [4.69, 9.17) is 4.74 Å². The molecule has 6 heteroatoms. The molecule has 1 aromatic rings. The maximum atomic E-state index is 13.3. The number of benzene rings is 1. The second kappa shape index (κ2) is 6.76. The van der Waals surface area contributed by atoms with Crippen molar-refractivity contribution in [3.63, 3.8) is 0 Å². The van der Waals surface area contributed by atoms with Crippen LogP contribution in [0.2, 0.25) is 0 Å². The molecule has 3 saturated carbocycles. The third-order valence-corrected chi connectivity index (χ3v) is 7.37. The van der Waals surface area contributed by atoms with Gasteiger partial charge in [0.05, 0.1) is 5.56 Å². The molecule has 0 radical (unpaired) electrons. The molecule has 5 aliphatic rings. The number of carbonyl (C=O) groups excluding carboxylic acids is 2. The zero-order valence-electron chi connectivity index (χ0n) is 16.1. The summed E-state index contributed by atoms with van der Waals surface area (Å²) in [4.78, 5) is 27.9. The maximum Gasteiger partial charge on any atom is 0.258 e. The van der Waals surface area contributed by atoms with Gasteiger partial charge < -0.3 is 20.1 Å². The first kappa shape index (κ1) is 18.0. The lowest BCUT2D eigenvalue weighted by Gasteiger charge is -2.55. The Morgan fingerprint density at radius 2 is 2.14 bits per heavy atom. The van der Waals surface area contributed by atoms with Gasteiger partial charge in [0.2, 0.25) is 5.91 Å². The molecule has 5 atom stereocenters. The van der Waals surface area contributed by atoms with Gasteiger partial charge in [-0.3, -0.25) is 9.59 Å². The summed E-state index contributed by atoms with van der Waals surface area (Å²) in [6.45, 7) is 1.63. The molecule has 2 aliphatic heterocycles. The van der Waals surface area contributed by atoms with Gasteiger partial charge in [-0.1, -0.05) is 12.1 Å². The van der Waals surface area contributed by atoms with Gasteiger partial charge in [-0.05, 0) is 56.1 Å². The lowest BCUT2D eigenvalue weighted by Crippen LogP contribution is -2.67. The molecule has 2 heterocycles. The third kappa shape index (κ3) is 2.81. The van der Waals surface area contributed by atoms with Gasteiger partial charge in [0, 0.05) is 38.0 Å². The first-order valence-electron chi connectivity index (χ1n) is 10.6. The summed E-state index contributed by atoms with van der Waals surface area (Å²) < 4.78 is 6.38. The van der Waals surface area contributed by atoms with Crippen LogP contribution in [0.1, 0.15) is 48.9 Å². The highest BCUT2D eigenvalue weighted by Crippen LogP contribution is 2.52. The molecule has 150 valence electrons. The molecule has 4 fully saturated rings. The van der Waals surface area contributed by atoms with E-state index in [1.54, 1.807) is 6.07 Å². The zero-order valence-corrected chi connectivity index (χ0v) is 16.1. The Balaban J connectivity index is 1.34. The van der Waals surface area contributed by atoms with Crippen LogP contribution in [0.4, 0.5) is 0 Å². The topological polar surface area (TPSA) is 78.9 Å². The van der Waals surface area contributed by atoms with Gasteiger partial charge in [0.1, 0.15) is 5.75 Å². The Labute approximate surface area is 165 Å². The minimum absolute atomic E-state index is 0.0134. The number of amides is 2. The second-order valence-corrected chi connectivity index (χ2v) is 9.00. The fourth-order valence-electron chi connectivity index (χ4n) is 5.91. The number of rotatable bonds is 2. The highest BCUT2D eigenvalue weighted by molar-refractivity contribution is 5.98. The van der Waals surface area contributed by atoms with Gasteiger partial charge in [0.15, 0.2) is 5.72 Å². The smallest absolute Gasteiger partial charge is 0.258 e. The van der Waals surface area contributed by atoms with Crippen molar-refractivity contribution in [2.45, 2.75) is 44.2 Å². The standard InChI is InChI=1S/C22H28N2O4/c25-13-14-4-3-9-24(12-14)21(27)18-10-16-8-7-15(18)11-22(16)23-20(26)17-5-1-2-6-19(17)28-22/h1-2,5-6,14-16,18,25H,3-4,7-13H2,(H,23,26). The van der Waals surface area contributed by atoms with E-state index in [0.29, 0.717) is 24.3 Å². The second-order valence-electron chi connectivity index (χ2n) is 9.00. The van der Waals surface area contributed by atoms with Crippen molar-refractivity contribution in [2.75, 3.05) is 19.7 Å². The molecule has 6 nitrogen and oxygen atoms in total. The molecule has 1 spiro atoms. The van der Waals surface area contributed by atoms with Gasteiger partial charge in [0.25, 0.3) is 5.91 Å². The number of nitrogens with one attached hydrogen (secondary N) is 1. The number of hydrogen-bond donors (Lipinski definition) is 2. The Bertz CT molecular complexity index is 796. The predicted molar refractivity (Wildman–Crippen MR) is 103 cm³/mol. The SMILES string of the molecule is O=C1NC2(CC3CCC2CC3C(=O)N2CCCC(CO)C2)Oc2ccccc21. The normalized spacial score (nSPS) is 36.6. The van der Waals surface area contributed by atoms with E-state index in [1.165, 1.54) is 0 Å². The molecule has 6 rings (SSSR count). The van der Waals surface area contributed by atoms with E-state index in [9.17, 15) is 14.7 Å². The fourth-order valence-corrected chi connectivity index (χ4v) is 5.91. The number of hydrogen-bond acceptors (Lipinski definition) is 4. The highest BCUT2D eigenvalue weighted by atomic mass is 16.5. The molecular formula is C22H28N2O4. The minimum atomic E-state index is -0.666. The number of fused-ring (bicyclic) bond motifs is 3. The first-order chi connectivity index (χ1) is 13.6. The van der Waals surface area contributed by atoms with Crippen LogP contribution in [0.3, 0.4) is 0 Å². The number of nitrogens with zero attached hydrogens (tertiary/aromatic N) is 1. The van der Waals surface area contributed by atoms with E-state index in [0.717, 1.165) is 38.6 Å². The molecule has 5 unspecified atom stereocenters. The van der Waals surface area contributed by atoms with Gasteiger partial charge >= 0.3 is 0 Å². The van der Waals surface area contributed by atoms with E-state index < -0.39 is 5.72 Å². The average Bonchev–Trinajstić information content (AvgIpc) is 2.73. The predicted octanol–water partition coefficient (Wildman–Crippen LogP) is 2.17. The Hall–Kier alpha value is -2.08. The molecule has 2 N–H and O–H groups in total. The van der Waals surface area contributed by atoms with Crippen molar-refractivity contribution in [3.05, 3.63) is 29.8 Å². The lowest BCUT2D eigenvalue weighted by atomic mass is 9.59. The number of likely N-dealkylation sites (tertiary alicyclic amines) is 1. The van der Waals surface area contributed by atoms with Crippen molar-refractivity contribution < 1.29 is 19.4 Å². The van der Waals surface area contributed by atoms with E-state index in [1.807, 2.05) is 23.1 Å². The summed E-state index contributed by atoms with van der Waals surface area (Å²) in [5.41, 5.74) is -0.0775. The van der Waals surface area contributed by atoms with E-state index in [-0.39, 0.29) is 42.1 Å². The average molecular weight is 384 g/mol. The quantitative estimate of drug-likeness (QED) is 0.819. The van der Waals surface area contributed by atoms with Crippen molar-refractivity contribution in [1.82, 2.24) is 10.2 Å². The van der Waals surface area contributed by atoms with Gasteiger partial charge in [-0.25, -0.2) is 0 Å². The van der Waals surface area contributed by atoms with Crippen LogP contribution >= 0.6 is 0 Å². The highest BCUT2D eigenvalue weighted by Gasteiger charge is 2.57. The first-order valence-corrected chi connectivity index (χ1v) is 10.6. The summed E-state index contributed by atoms with van der Waals surface area (Å²) >= 11 is 0. The number of carbonyl (C=O) groups is 2. The number of piperidine rings is 1. The molecule has 28 heavy (non-hydrogen) atoms. The van der Waals surface area contributed by atoms with Crippen LogP contribution < -0.4 is 10.1 Å². The summed E-state index contributed by atoms with van der Waals surface area (Å²) in [5, 5.41) is 12.6. The third-order valence-electron chi connectivity index (χ3n) is 7.37. The maximum absolute atomic E-state index is 13.3. The molecule has 1 saturated heterocycles. The molecule has 0 aromatic heterocycles. The van der Waals surface area contributed by atoms with Crippen LogP contribution in [0.25, 0.3) is 0 Å². The molecule has 3 aliphatic carbocycles. The van der Waals surface area contributed by atoms with Crippen LogP contribution in [-0.2, 0) is 4.79 Å². The number of para-hydroxylation sites is 1. The summed E-state index contributed by atoms with van der Waals surface area (Å²) in [7, 11) is 0. The van der Waals surface area contributed by atoms with Crippen molar-refractivity contribution in [1.29, 1.82) is 0 Å². The number of aliphatic hydroxyl groups excluding tert-OH is 1. The van der Waals surface area contributed by atoms with E-state index >= 15 is 0 Å². The van der Waals surface area contributed by atoms with E-state index in [2.05, 4.69) is 5.32 Å². The van der Waals surface area contributed by atoms with Crippen LogP contribution in [0, 0.1) is 23.7 Å². The number of ether oxygens (including phenoxy) is 1. The Morgan fingerprint density at radius 1 is 1.29 bits per heavy atom. The summed E-state index contributed by atoms with van der Waals surface area (Å²) in [5.74, 6) is 1.44. The van der Waals surface area contributed by atoms with Crippen molar-refractivity contribution in [3.8, 4) is 5.75 Å². The van der Waals surface area contributed by atoms with Crippen LogP contribution in [0.5, 0.6) is 5.75 Å². The fraction of sp³-hybridized carbons (Fsp3) is 0.636.